The summed E-state index contributed by atoms with van der Waals surface area (Å²) in [6.07, 6.45) is 2.54. The molecular formula is C8H19N. The van der Waals surface area contributed by atoms with E-state index < -0.39 is 0 Å². The first kappa shape index (κ1) is 8.96. The van der Waals surface area contributed by atoms with Gasteiger partial charge in [0.15, 0.2) is 0 Å². The molecule has 0 aromatic heterocycles. The number of hydrogen-bond acceptors (Lipinski definition) is 1. The first-order valence-corrected chi connectivity index (χ1v) is 3.88. The fourth-order valence-corrected chi connectivity index (χ4v) is 1.06. The molecule has 0 heterocycles. The smallest absolute Gasteiger partial charge is 0.00638 e. The Morgan fingerprint density at radius 1 is 1.33 bits per heavy atom. The quantitative estimate of drug-likeness (QED) is 0.612. The Morgan fingerprint density at radius 3 is 2.00 bits per heavy atom. The highest BCUT2D eigenvalue weighted by Gasteiger charge is 2.03. The summed E-state index contributed by atoms with van der Waals surface area (Å²) < 4.78 is 0. The van der Waals surface area contributed by atoms with Gasteiger partial charge in [-0.25, -0.2) is 0 Å². The monoisotopic (exact) mass is 129 g/mol. The minimum absolute atomic E-state index is 0.727. The zero-order chi connectivity index (χ0) is 7.28. The van der Waals surface area contributed by atoms with E-state index in [0.29, 0.717) is 0 Å². The van der Waals surface area contributed by atoms with E-state index in [1.807, 2.05) is 7.05 Å². The molecule has 0 fully saturated rings. The van der Waals surface area contributed by atoms with Crippen LogP contribution in [0.3, 0.4) is 0 Å². The third kappa shape index (κ3) is 4.46. The summed E-state index contributed by atoms with van der Waals surface area (Å²) in [6, 6.07) is 0.727. The molecule has 0 saturated heterocycles. The van der Waals surface area contributed by atoms with Gasteiger partial charge in [0.1, 0.15) is 0 Å². The van der Waals surface area contributed by atoms with Gasteiger partial charge in [0.25, 0.3) is 0 Å². The Kier molecular flexibility index (Phi) is 4.78. The summed E-state index contributed by atoms with van der Waals surface area (Å²) >= 11 is 0. The average molecular weight is 129 g/mol. The fourth-order valence-electron chi connectivity index (χ4n) is 1.06. The third-order valence-corrected chi connectivity index (χ3v) is 1.66. The molecule has 0 aliphatic heterocycles. The van der Waals surface area contributed by atoms with Gasteiger partial charge in [0.05, 0.1) is 0 Å². The first-order valence-electron chi connectivity index (χ1n) is 3.88. The minimum Gasteiger partial charge on any atom is -0.317 e. The maximum absolute atomic E-state index is 3.28. The van der Waals surface area contributed by atoms with Crippen molar-refractivity contribution in [3.8, 4) is 0 Å². The summed E-state index contributed by atoms with van der Waals surface area (Å²) in [7, 11) is 2.04. The Balaban J connectivity index is 3.31. The standard InChI is InChI=1S/C8H19N/c1-5-8(9-4)6-7(2)3/h7-9H,5-6H2,1-4H3. The number of nitrogens with one attached hydrogen (secondary N) is 1. The van der Waals surface area contributed by atoms with E-state index in [4.69, 9.17) is 0 Å². The lowest BCUT2D eigenvalue weighted by atomic mass is 10.0. The second-order valence-corrected chi connectivity index (χ2v) is 3.02. The average Bonchev–Trinajstić information content (AvgIpc) is 1.82. The molecule has 0 radical (unpaired) electrons. The lowest BCUT2D eigenvalue weighted by Crippen LogP contribution is -2.25. The number of rotatable bonds is 4. The van der Waals surface area contributed by atoms with E-state index in [2.05, 4.69) is 26.1 Å². The van der Waals surface area contributed by atoms with Crippen molar-refractivity contribution >= 4 is 0 Å². The van der Waals surface area contributed by atoms with Crippen LogP contribution in [-0.2, 0) is 0 Å². The van der Waals surface area contributed by atoms with Crippen molar-refractivity contribution in [3.05, 3.63) is 0 Å². The van der Waals surface area contributed by atoms with Crippen LogP contribution in [0.4, 0.5) is 0 Å². The summed E-state index contributed by atoms with van der Waals surface area (Å²) in [4.78, 5) is 0. The van der Waals surface area contributed by atoms with E-state index in [1.54, 1.807) is 0 Å². The minimum atomic E-state index is 0.727. The van der Waals surface area contributed by atoms with Gasteiger partial charge in [-0.1, -0.05) is 20.8 Å². The highest BCUT2D eigenvalue weighted by Crippen LogP contribution is 2.06. The highest BCUT2D eigenvalue weighted by atomic mass is 14.9. The van der Waals surface area contributed by atoms with Crippen LogP contribution in [-0.4, -0.2) is 13.1 Å². The Labute approximate surface area is 58.8 Å². The van der Waals surface area contributed by atoms with E-state index in [9.17, 15) is 0 Å². The summed E-state index contributed by atoms with van der Waals surface area (Å²) in [6.45, 7) is 6.75. The zero-order valence-electron chi connectivity index (χ0n) is 7.07. The molecule has 1 unspecified atom stereocenters. The largest absolute Gasteiger partial charge is 0.317 e. The summed E-state index contributed by atoms with van der Waals surface area (Å²) in [5, 5.41) is 3.28. The van der Waals surface area contributed by atoms with Gasteiger partial charge in [-0.15, -0.1) is 0 Å². The summed E-state index contributed by atoms with van der Waals surface area (Å²) in [5.41, 5.74) is 0. The van der Waals surface area contributed by atoms with Gasteiger partial charge in [0, 0.05) is 6.04 Å². The van der Waals surface area contributed by atoms with Crippen LogP contribution in [0.15, 0.2) is 0 Å². The van der Waals surface area contributed by atoms with Gasteiger partial charge in [-0.05, 0) is 25.8 Å². The molecule has 1 nitrogen and oxygen atoms in total. The molecule has 0 aliphatic rings. The van der Waals surface area contributed by atoms with Gasteiger partial charge in [-0.2, -0.15) is 0 Å². The van der Waals surface area contributed by atoms with Gasteiger partial charge in [-0.3, -0.25) is 0 Å². The second kappa shape index (κ2) is 4.80. The van der Waals surface area contributed by atoms with Crippen molar-refractivity contribution in [2.45, 2.75) is 39.7 Å². The maximum Gasteiger partial charge on any atom is 0.00638 e. The molecule has 1 heteroatoms. The normalized spacial score (nSPS) is 14.3. The lowest BCUT2D eigenvalue weighted by Gasteiger charge is -2.15. The van der Waals surface area contributed by atoms with Crippen LogP contribution in [0.1, 0.15) is 33.6 Å². The van der Waals surface area contributed by atoms with Crippen molar-refractivity contribution in [1.29, 1.82) is 0 Å². The lowest BCUT2D eigenvalue weighted by molar-refractivity contribution is 0.433. The van der Waals surface area contributed by atoms with Crippen LogP contribution in [0.2, 0.25) is 0 Å². The van der Waals surface area contributed by atoms with E-state index >= 15 is 0 Å². The molecule has 1 N–H and O–H groups in total. The molecule has 0 spiro atoms. The third-order valence-electron chi connectivity index (χ3n) is 1.66. The molecule has 56 valence electrons. The van der Waals surface area contributed by atoms with Gasteiger partial charge < -0.3 is 5.32 Å². The van der Waals surface area contributed by atoms with Crippen molar-refractivity contribution in [1.82, 2.24) is 5.32 Å². The predicted molar refractivity (Wildman–Crippen MR) is 42.6 cm³/mol. The van der Waals surface area contributed by atoms with E-state index in [-0.39, 0.29) is 0 Å². The van der Waals surface area contributed by atoms with Gasteiger partial charge in [0.2, 0.25) is 0 Å². The summed E-state index contributed by atoms with van der Waals surface area (Å²) in [5.74, 6) is 0.822. The van der Waals surface area contributed by atoms with E-state index in [0.717, 1.165) is 12.0 Å². The van der Waals surface area contributed by atoms with Crippen LogP contribution in [0.25, 0.3) is 0 Å². The second-order valence-electron chi connectivity index (χ2n) is 3.02. The molecular weight excluding hydrogens is 110 g/mol. The topological polar surface area (TPSA) is 12.0 Å². The molecule has 0 saturated carbocycles. The molecule has 0 rings (SSSR count). The maximum atomic E-state index is 3.28. The van der Waals surface area contributed by atoms with Crippen LogP contribution < -0.4 is 5.32 Å². The van der Waals surface area contributed by atoms with Crippen molar-refractivity contribution in [2.75, 3.05) is 7.05 Å². The number of hydrogen-bond donors (Lipinski definition) is 1. The molecule has 1 atom stereocenters. The molecule has 0 bridgehead atoms. The molecule has 0 aromatic carbocycles. The fraction of sp³-hybridized carbons (Fsp3) is 1.00. The zero-order valence-corrected chi connectivity index (χ0v) is 7.07. The Morgan fingerprint density at radius 2 is 1.89 bits per heavy atom. The van der Waals surface area contributed by atoms with Crippen LogP contribution in [0.5, 0.6) is 0 Å². The Hall–Kier alpha value is -0.0400. The molecule has 0 amide bonds. The molecule has 9 heavy (non-hydrogen) atoms. The molecule has 0 aromatic rings. The van der Waals surface area contributed by atoms with Gasteiger partial charge >= 0.3 is 0 Å². The van der Waals surface area contributed by atoms with E-state index in [1.165, 1.54) is 12.8 Å². The van der Waals surface area contributed by atoms with Crippen molar-refractivity contribution in [3.63, 3.8) is 0 Å². The molecule has 0 aliphatic carbocycles. The SMILES string of the molecule is CCC(CC(C)C)NC. The first-order chi connectivity index (χ1) is 4.20. The highest BCUT2D eigenvalue weighted by molar-refractivity contribution is 4.63. The van der Waals surface area contributed by atoms with Crippen LogP contribution >= 0.6 is 0 Å². The van der Waals surface area contributed by atoms with Crippen molar-refractivity contribution in [2.24, 2.45) is 5.92 Å². The predicted octanol–water partition coefficient (Wildman–Crippen LogP) is 2.03. The van der Waals surface area contributed by atoms with Crippen LogP contribution in [0, 0.1) is 5.92 Å². The Bertz CT molecular complexity index is 55.6. The van der Waals surface area contributed by atoms with Crippen molar-refractivity contribution < 1.29 is 0 Å².